The molecule has 1 saturated heterocycles. The van der Waals surface area contributed by atoms with E-state index in [1.165, 1.54) is 6.07 Å². The number of hydrogen-bond acceptors (Lipinski definition) is 5. The van der Waals surface area contributed by atoms with E-state index in [0.717, 1.165) is 13.1 Å². The highest BCUT2D eigenvalue weighted by Crippen LogP contribution is 2.36. The molecule has 2 aliphatic rings. The van der Waals surface area contributed by atoms with Gasteiger partial charge in [-0.2, -0.15) is 0 Å². The molecule has 0 radical (unpaired) electrons. The quantitative estimate of drug-likeness (QED) is 0.727. The molecule has 0 aliphatic carbocycles. The third-order valence-corrected chi connectivity index (χ3v) is 4.05. The van der Waals surface area contributed by atoms with Crippen molar-refractivity contribution in [3.05, 3.63) is 23.5 Å². The monoisotopic (exact) mass is 295 g/mol. The SMILES string of the molecule is O=C1Nc2cc(N3CCN(CCO)CC3)c(F)cc2C1O. The second kappa shape index (κ2) is 5.59. The molecule has 0 saturated carbocycles. The molecular weight excluding hydrogens is 277 g/mol. The maximum absolute atomic E-state index is 14.2. The van der Waals surface area contributed by atoms with Gasteiger partial charge in [-0.15, -0.1) is 0 Å². The Labute approximate surface area is 121 Å². The van der Waals surface area contributed by atoms with Gasteiger partial charge in [0.05, 0.1) is 12.3 Å². The maximum Gasteiger partial charge on any atom is 0.257 e. The molecular formula is C14H18FN3O3. The van der Waals surface area contributed by atoms with Crippen LogP contribution in [0.3, 0.4) is 0 Å². The maximum atomic E-state index is 14.2. The first-order chi connectivity index (χ1) is 10.1. The van der Waals surface area contributed by atoms with Gasteiger partial charge in [-0.25, -0.2) is 4.39 Å². The normalized spacial score (nSPS) is 22.3. The molecule has 1 aromatic rings. The van der Waals surface area contributed by atoms with Gasteiger partial charge in [-0.3, -0.25) is 9.69 Å². The molecule has 2 aliphatic heterocycles. The van der Waals surface area contributed by atoms with E-state index in [1.807, 2.05) is 4.90 Å². The van der Waals surface area contributed by atoms with Gasteiger partial charge in [0.25, 0.3) is 5.91 Å². The van der Waals surface area contributed by atoms with E-state index in [2.05, 4.69) is 10.2 Å². The van der Waals surface area contributed by atoms with Crippen molar-refractivity contribution in [1.82, 2.24) is 4.90 Å². The fraction of sp³-hybridized carbons (Fsp3) is 0.500. The van der Waals surface area contributed by atoms with Crippen LogP contribution in [0.4, 0.5) is 15.8 Å². The Kier molecular flexibility index (Phi) is 3.79. The number of aliphatic hydroxyl groups excluding tert-OH is 2. The van der Waals surface area contributed by atoms with Gasteiger partial charge in [0, 0.05) is 44.0 Å². The van der Waals surface area contributed by atoms with Gasteiger partial charge in [-0.1, -0.05) is 0 Å². The van der Waals surface area contributed by atoms with E-state index in [9.17, 15) is 14.3 Å². The number of benzene rings is 1. The largest absolute Gasteiger partial charge is 0.395 e. The number of nitrogens with one attached hydrogen (secondary N) is 1. The number of nitrogens with zero attached hydrogens (tertiary/aromatic N) is 2. The summed E-state index contributed by atoms with van der Waals surface area (Å²) in [4.78, 5) is 15.5. The van der Waals surface area contributed by atoms with Gasteiger partial charge in [0.15, 0.2) is 6.10 Å². The van der Waals surface area contributed by atoms with E-state index in [1.54, 1.807) is 6.07 Å². The van der Waals surface area contributed by atoms with Crippen LogP contribution in [-0.2, 0) is 4.79 Å². The van der Waals surface area contributed by atoms with Crippen LogP contribution in [0.1, 0.15) is 11.7 Å². The van der Waals surface area contributed by atoms with Crippen molar-refractivity contribution in [2.24, 2.45) is 0 Å². The zero-order valence-corrected chi connectivity index (χ0v) is 11.5. The molecule has 0 spiro atoms. The lowest BCUT2D eigenvalue weighted by Gasteiger charge is -2.36. The van der Waals surface area contributed by atoms with Crippen molar-refractivity contribution >= 4 is 17.3 Å². The second-order valence-electron chi connectivity index (χ2n) is 5.33. The molecule has 114 valence electrons. The average Bonchev–Trinajstić information content (AvgIpc) is 2.75. The number of hydrogen-bond donors (Lipinski definition) is 3. The predicted octanol–water partition coefficient (Wildman–Crippen LogP) is -0.0745. The molecule has 6 nitrogen and oxygen atoms in total. The summed E-state index contributed by atoms with van der Waals surface area (Å²) in [5, 5.41) is 21.1. The smallest absolute Gasteiger partial charge is 0.257 e. The number of anilines is 2. The highest BCUT2D eigenvalue weighted by Gasteiger charge is 2.31. The number of carbonyl (C=O) groups is 1. The summed E-state index contributed by atoms with van der Waals surface area (Å²) >= 11 is 0. The molecule has 3 N–H and O–H groups in total. The second-order valence-corrected chi connectivity index (χ2v) is 5.33. The topological polar surface area (TPSA) is 76.0 Å². The van der Waals surface area contributed by atoms with E-state index >= 15 is 0 Å². The summed E-state index contributed by atoms with van der Waals surface area (Å²) in [5.74, 6) is -0.950. The van der Waals surface area contributed by atoms with Gasteiger partial charge >= 0.3 is 0 Å². The Balaban J connectivity index is 1.78. The Morgan fingerprint density at radius 2 is 2.00 bits per heavy atom. The van der Waals surface area contributed by atoms with E-state index in [0.29, 0.717) is 36.6 Å². The lowest BCUT2D eigenvalue weighted by molar-refractivity contribution is -0.123. The van der Waals surface area contributed by atoms with Crippen LogP contribution in [0.15, 0.2) is 12.1 Å². The first-order valence-corrected chi connectivity index (χ1v) is 7.00. The number of carbonyl (C=O) groups excluding carboxylic acids is 1. The lowest BCUT2D eigenvalue weighted by Crippen LogP contribution is -2.47. The zero-order valence-electron chi connectivity index (χ0n) is 11.5. The molecule has 1 aromatic carbocycles. The minimum atomic E-state index is -1.29. The summed E-state index contributed by atoms with van der Waals surface area (Å²) in [6, 6.07) is 2.81. The van der Waals surface area contributed by atoms with E-state index in [4.69, 9.17) is 5.11 Å². The van der Waals surface area contributed by atoms with Crippen molar-refractivity contribution in [3.8, 4) is 0 Å². The van der Waals surface area contributed by atoms with Crippen LogP contribution in [0, 0.1) is 5.82 Å². The molecule has 2 heterocycles. The molecule has 0 bridgehead atoms. The van der Waals surface area contributed by atoms with E-state index in [-0.39, 0.29) is 6.61 Å². The highest BCUT2D eigenvalue weighted by molar-refractivity contribution is 6.02. The first kappa shape index (κ1) is 14.2. The molecule has 7 heteroatoms. The molecule has 21 heavy (non-hydrogen) atoms. The minimum absolute atomic E-state index is 0.122. The lowest BCUT2D eigenvalue weighted by atomic mass is 10.1. The number of aliphatic hydroxyl groups is 2. The van der Waals surface area contributed by atoms with Crippen molar-refractivity contribution in [3.63, 3.8) is 0 Å². The summed E-state index contributed by atoms with van der Waals surface area (Å²) in [7, 11) is 0. The van der Waals surface area contributed by atoms with Gasteiger partial charge in [-0.05, 0) is 12.1 Å². The Bertz CT molecular complexity index is 559. The van der Waals surface area contributed by atoms with Crippen LogP contribution < -0.4 is 10.2 Å². The van der Waals surface area contributed by atoms with Gasteiger partial charge in [0.1, 0.15) is 5.82 Å². The summed E-state index contributed by atoms with van der Waals surface area (Å²) < 4.78 is 14.2. The third kappa shape index (κ3) is 2.59. The summed E-state index contributed by atoms with van der Waals surface area (Å²) in [5.41, 5.74) is 1.20. The molecule has 1 amide bonds. The molecule has 1 atom stereocenters. The van der Waals surface area contributed by atoms with Crippen LogP contribution in [-0.4, -0.2) is 60.4 Å². The van der Waals surface area contributed by atoms with Gasteiger partial charge in [0.2, 0.25) is 0 Å². The number of halogens is 1. The van der Waals surface area contributed by atoms with Crippen LogP contribution in [0.5, 0.6) is 0 Å². The van der Waals surface area contributed by atoms with Gasteiger partial charge < -0.3 is 20.4 Å². The van der Waals surface area contributed by atoms with Crippen molar-refractivity contribution in [1.29, 1.82) is 0 Å². The summed E-state index contributed by atoms with van der Waals surface area (Å²) in [6.07, 6.45) is -1.29. The van der Waals surface area contributed by atoms with E-state index < -0.39 is 17.8 Å². The zero-order chi connectivity index (χ0) is 15.0. The molecule has 0 aromatic heterocycles. The Morgan fingerprint density at radius 1 is 1.29 bits per heavy atom. The fourth-order valence-electron chi connectivity index (χ4n) is 2.85. The number of fused-ring (bicyclic) bond motifs is 1. The number of piperazine rings is 1. The predicted molar refractivity (Wildman–Crippen MR) is 75.7 cm³/mol. The molecule has 1 fully saturated rings. The van der Waals surface area contributed by atoms with Crippen molar-refractivity contribution < 1.29 is 19.4 Å². The number of β-amino-alcohol motifs (C(OH)–C–C–N with tert-alkyl or cyclic N) is 1. The van der Waals surface area contributed by atoms with Crippen LogP contribution in [0.2, 0.25) is 0 Å². The third-order valence-electron chi connectivity index (χ3n) is 4.05. The average molecular weight is 295 g/mol. The summed E-state index contributed by atoms with van der Waals surface area (Å²) in [6.45, 7) is 3.58. The first-order valence-electron chi connectivity index (χ1n) is 7.00. The molecule has 1 unspecified atom stereocenters. The van der Waals surface area contributed by atoms with Crippen LogP contribution >= 0.6 is 0 Å². The van der Waals surface area contributed by atoms with Crippen molar-refractivity contribution in [2.75, 3.05) is 49.5 Å². The van der Waals surface area contributed by atoms with Crippen LogP contribution in [0.25, 0.3) is 0 Å². The Morgan fingerprint density at radius 3 is 2.67 bits per heavy atom. The minimum Gasteiger partial charge on any atom is -0.395 e. The standard InChI is InChI=1S/C14H18FN3O3/c15-10-7-9-11(16-14(21)13(9)20)8-12(10)18-3-1-17(2-4-18)5-6-19/h7-8,13,19-20H,1-6H2,(H,16,21). The highest BCUT2D eigenvalue weighted by atomic mass is 19.1. The van der Waals surface area contributed by atoms with Crippen molar-refractivity contribution in [2.45, 2.75) is 6.10 Å². The molecule has 3 rings (SSSR count). The fourth-order valence-corrected chi connectivity index (χ4v) is 2.85. The number of rotatable bonds is 3. The Hall–Kier alpha value is -1.70. The number of amides is 1.